The van der Waals surface area contributed by atoms with Crippen molar-refractivity contribution >= 4 is 35.3 Å². The van der Waals surface area contributed by atoms with Gasteiger partial charge in [-0.1, -0.05) is 12.1 Å². The zero-order chi connectivity index (χ0) is 17.2. The Balaban J connectivity index is 2.56. The molecule has 0 bridgehead atoms. The number of Topliss-reactive ketones (excluding diaryl/α,β-unsaturated/α-hetero) is 1. The summed E-state index contributed by atoms with van der Waals surface area (Å²) in [7, 11) is 1.45. The molecule has 8 heteroatoms. The molecule has 0 fully saturated rings. The van der Waals surface area contributed by atoms with Gasteiger partial charge >= 0.3 is 5.97 Å². The highest BCUT2D eigenvalue weighted by Gasteiger charge is 2.15. The molecule has 0 aliphatic heterocycles. The molecule has 2 N–H and O–H groups in total. The summed E-state index contributed by atoms with van der Waals surface area (Å²) in [5.74, 6) is -1.35. The van der Waals surface area contributed by atoms with E-state index < -0.39 is 18.5 Å². The van der Waals surface area contributed by atoms with Crippen LogP contribution in [0.5, 0.6) is 0 Å². The van der Waals surface area contributed by atoms with Gasteiger partial charge in [-0.2, -0.15) is 0 Å². The molecule has 0 aliphatic carbocycles. The Bertz CT molecular complexity index is 603. The number of rotatable bonds is 8. The van der Waals surface area contributed by atoms with Crippen molar-refractivity contribution in [1.82, 2.24) is 10.6 Å². The van der Waals surface area contributed by atoms with Gasteiger partial charge in [-0.05, 0) is 19.1 Å². The highest BCUT2D eigenvalue weighted by molar-refractivity contribution is 8.00. The predicted molar refractivity (Wildman–Crippen MR) is 85.2 cm³/mol. The molecule has 124 valence electrons. The van der Waals surface area contributed by atoms with Crippen molar-refractivity contribution in [2.24, 2.45) is 0 Å². The van der Waals surface area contributed by atoms with E-state index in [1.54, 1.807) is 24.3 Å². The molecule has 7 nitrogen and oxygen atoms in total. The molecule has 1 aromatic rings. The van der Waals surface area contributed by atoms with E-state index in [-0.39, 0.29) is 29.6 Å². The van der Waals surface area contributed by atoms with Crippen LogP contribution in [0.2, 0.25) is 0 Å². The van der Waals surface area contributed by atoms with Crippen molar-refractivity contribution in [3.8, 4) is 0 Å². The smallest absolute Gasteiger partial charge is 0.339 e. The van der Waals surface area contributed by atoms with Gasteiger partial charge in [0.05, 0.1) is 17.9 Å². The predicted octanol–water partition coefficient (Wildman–Crippen LogP) is 0.387. The molecule has 0 saturated heterocycles. The average Bonchev–Trinajstić information content (AvgIpc) is 2.55. The lowest BCUT2D eigenvalue weighted by Crippen LogP contribution is -2.37. The number of ether oxygens (including phenoxy) is 1. The van der Waals surface area contributed by atoms with Gasteiger partial charge in [-0.25, -0.2) is 4.79 Å². The number of nitrogens with one attached hydrogen (secondary N) is 2. The van der Waals surface area contributed by atoms with E-state index in [4.69, 9.17) is 4.74 Å². The molecular weight excluding hydrogens is 320 g/mol. The molecule has 0 spiro atoms. The molecule has 0 unspecified atom stereocenters. The third-order valence-electron chi connectivity index (χ3n) is 2.60. The van der Waals surface area contributed by atoms with Gasteiger partial charge in [0.2, 0.25) is 5.91 Å². The summed E-state index contributed by atoms with van der Waals surface area (Å²) in [5.41, 5.74) is 0.290. The van der Waals surface area contributed by atoms with Crippen LogP contribution in [0.4, 0.5) is 0 Å². The number of amides is 2. The highest BCUT2D eigenvalue weighted by atomic mass is 32.2. The summed E-state index contributed by atoms with van der Waals surface area (Å²) in [4.78, 5) is 46.1. The fourth-order valence-corrected chi connectivity index (χ4v) is 2.31. The first-order valence-corrected chi connectivity index (χ1v) is 7.78. The Morgan fingerprint density at radius 1 is 1.13 bits per heavy atom. The Kier molecular flexibility index (Phi) is 7.82. The van der Waals surface area contributed by atoms with Crippen LogP contribution in [-0.2, 0) is 19.1 Å². The summed E-state index contributed by atoms with van der Waals surface area (Å²) in [6.45, 7) is 0.796. The van der Waals surface area contributed by atoms with Crippen LogP contribution in [0.1, 0.15) is 17.3 Å². The van der Waals surface area contributed by atoms with Crippen LogP contribution < -0.4 is 10.6 Å². The molecule has 0 aromatic heterocycles. The Hall–Kier alpha value is -2.35. The first-order chi connectivity index (χ1) is 10.9. The maximum absolute atomic E-state index is 12.0. The number of ketones is 1. The average molecular weight is 338 g/mol. The number of esters is 1. The quantitative estimate of drug-likeness (QED) is 0.525. The van der Waals surface area contributed by atoms with Gasteiger partial charge in [-0.3, -0.25) is 14.4 Å². The maximum Gasteiger partial charge on any atom is 0.339 e. The fraction of sp³-hybridized carbons (Fsp3) is 0.333. The van der Waals surface area contributed by atoms with Crippen LogP contribution in [-0.4, -0.2) is 49.5 Å². The molecule has 2 amide bonds. The topological polar surface area (TPSA) is 102 Å². The zero-order valence-corrected chi connectivity index (χ0v) is 13.7. The number of benzene rings is 1. The van der Waals surface area contributed by atoms with Crippen LogP contribution in [0.25, 0.3) is 0 Å². The molecule has 1 rings (SSSR count). The van der Waals surface area contributed by atoms with Crippen LogP contribution >= 0.6 is 11.8 Å². The van der Waals surface area contributed by atoms with Crippen molar-refractivity contribution in [3.63, 3.8) is 0 Å². The lowest BCUT2D eigenvalue weighted by Gasteiger charge is -2.09. The minimum atomic E-state index is -0.660. The SMILES string of the molecule is CNC(=O)CNC(=O)COC(=O)c1ccccc1SCC(C)=O. The van der Waals surface area contributed by atoms with Crippen LogP contribution in [0, 0.1) is 0 Å². The van der Waals surface area contributed by atoms with E-state index in [0.29, 0.717) is 4.90 Å². The van der Waals surface area contributed by atoms with Gasteiger partial charge in [0.1, 0.15) is 5.78 Å². The largest absolute Gasteiger partial charge is 0.452 e. The van der Waals surface area contributed by atoms with Crippen molar-refractivity contribution in [1.29, 1.82) is 0 Å². The second kappa shape index (κ2) is 9.62. The standard InChI is InChI=1S/C15H18N2O5S/c1-10(18)9-23-12-6-4-3-5-11(12)15(21)22-8-14(20)17-7-13(19)16-2/h3-6H,7-9H2,1-2H3,(H,16,19)(H,17,20). The molecule has 0 radical (unpaired) electrons. The normalized spacial score (nSPS) is 9.83. The first-order valence-electron chi connectivity index (χ1n) is 6.79. The van der Waals surface area contributed by atoms with E-state index in [1.165, 1.54) is 25.7 Å². The van der Waals surface area contributed by atoms with Crippen molar-refractivity contribution < 1.29 is 23.9 Å². The number of thioether (sulfide) groups is 1. The van der Waals surface area contributed by atoms with Gasteiger partial charge < -0.3 is 15.4 Å². The number of hydrogen-bond donors (Lipinski definition) is 2. The lowest BCUT2D eigenvalue weighted by molar-refractivity contribution is -0.127. The second-order valence-electron chi connectivity index (χ2n) is 4.51. The summed E-state index contributed by atoms with van der Waals surface area (Å²) in [5, 5.41) is 4.67. The third kappa shape index (κ3) is 6.96. The molecular formula is C15H18N2O5S. The van der Waals surface area contributed by atoms with Gasteiger partial charge in [0.15, 0.2) is 6.61 Å². The Morgan fingerprint density at radius 3 is 2.48 bits per heavy atom. The van der Waals surface area contributed by atoms with Crippen molar-refractivity contribution in [2.75, 3.05) is 26.0 Å². The van der Waals surface area contributed by atoms with E-state index in [1.807, 2.05) is 0 Å². The Labute approximate surface area is 138 Å². The van der Waals surface area contributed by atoms with Crippen molar-refractivity contribution in [3.05, 3.63) is 29.8 Å². The van der Waals surface area contributed by atoms with E-state index >= 15 is 0 Å². The molecule has 1 aromatic carbocycles. The molecule has 0 heterocycles. The molecule has 0 aliphatic rings. The number of hydrogen-bond acceptors (Lipinski definition) is 6. The summed E-state index contributed by atoms with van der Waals surface area (Å²) in [6.07, 6.45) is 0. The summed E-state index contributed by atoms with van der Waals surface area (Å²) >= 11 is 1.23. The first kappa shape index (κ1) is 18.7. The highest BCUT2D eigenvalue weighted by Crippen LogP contribution is 2.23. The molecule has 0 atom stereocenters. The van der Waals surface area contributed by atoms with Gasteiger partial charge in [-0.15, -0.1) is 11.8 Å². The fourth-order valence-electron chi connectivity index (χ4n) is 1.47. The Morgan fingerprint density at radius 2 is 1.83 bits per heavy atom. The molecule has 23 heavy (non-hydrogen) atoms. The lowest BCUT2D eigenvalue weighted by atomic mass is 10.2. The van der Waals surface area contributed by atoms with Crippen LogP contribution in [0.15, 0.2) is 29.2 Å². The third-order valence-corrected chi connectivity index (χ3v) is 3.82. The van der Waals surface area contributed by atoms with Crippen LogP contribution in [0.3, 0.4) is 0 Å². The second-order valence-corrected chi connectivity index (χ2v) is 5.53. The number of carbonyl (C=O) groups is 4. The van der Waals surface area contributed by atoms with Crippen molar-refractivity contribution in [2.45, 2.75) is 11.8 Å². The maximum atomic E-state index is 12.0. The molecule has 0 saturated carbocycles. The summed E-state index contributed by atoms with van der Waals surface area (Å²) in [6, 6.07) is 6.68. The zero-order valence-electron chi connectivity index (χ0n) is 12.9. The van der Waals surface area contributed by atoms with E-state index in [9.17, 15) is 19.2 Å². The monoisotopic (exact) mass is 338 g/mol. The van der Waals surface area contributed by atoms with Gasteiger partial charge in [0, 0.05) is 11.9 Å². The summed E-state index contributed by atoms with van der Waals surface area (Å²) < 4.78 is 4.92. The van der Waals surface area contributed by atoms with E-state index in [2.05, 4.69) is 10.6 Å². The number of carbonyl (C=O) groups excluding carboxylic acids is 4. The minimum absolute atomic E-state index is 0.00764. The van der Waals surface area contributed by atoms with E-state index in [0.717, 1.165) is 0 Å². The minimum Gasteiger partial charge on any atom is -0.452 e. The number of likely N-dealkylation sites (N-methyl/N-ethyl adjacent to an activating group) is 1. The van der Waals surface area contributed by atoms with Gasteiger partial charge in [0.25, 0.3) is 5.91 Å².